The highest BCUT2D eigenvalue weighted by atomic mass is 16.5. The minimum absolute atomic E-state index is 0.0351. The van der Waals surface area contributed by atoms with Gasteiger partial charge in [-0.15, -0.1) is 0 Å². The van der Waals surface area contributed by atoms with Crippen LogP contribution < -0.4 is 0 Å². The summed E-state index contributed by atoms with van der Waals surface area (Å²) >= 11 is 0. The van der Waals surface area contributed by atoms with E-state index in [1.165, 1.54) is 295 Å². The van der Waals surface area contributed by atoms with Crippen LogP contribution in [0.2, 0.25) is 0 Å². The van der Waals surface area contributed by atoms with Gasteiger partial charge in [0.2, 0.25) is 0 Å². The van der Waals surface area contributed by atoms with Crippen LogP contribution in [0.25, 0.3) is 0 Å². The molecule has 0 fully saturated rings. The second-order valence-corrected chi connectivity index (χ2v) is 18.2. The van der Waals surface area contributed by atoms with Crippen LogP contribution in [-0.2, 0) is 9.53 Å². The number of carbonyl (C=O) groups excluding carboxylic acids is 1. The largest absolute Gasteiger partial charge is 0.466 e. The number of hydrogen-bond donors (Lipinski definition) is 0. The Morgan fingerprint density at radius 1 is 0.236 bits per heavy atom. The van der Waals surface area contributed by atoms with Gasteiger partial charge in [0.15, 0.2) is 0 Å². The van der Waals surface area contributed by atoms with Gasteiger partial charge in [-0.3, -0.25) is 4.79 Å². The fourth-order valence-electron chi connectivity index (χ4n) is 8.55. The molecule has 0 heterocycles. The maximum atomic E-state index is 12.1. The molecule has 2 heteroatoms. The van der Waals surface area contributed by atoms with Crippen molar-refractivity contribution >= 4 is 5.97 Å². The van der Waals surface area contributed by atoms with Gasteiger partial charge in [0, 0.05) is 6.42 Å². The van der Waals surface area contributed by atoms with E-state index in [1.54, 1.807) is 0 Å². The summed E-state index contributed by atoms with van der Waals surface area (Å²) in [7, 11) is 0. The van der Waals surface area contributed by atoms with Gasteiger partial charge >= 0.3 is 5.97 Å². The number of unbranched alkanes of at least 4 members (excludes halogenated alkanes) is 46. The molecule has 0 saturated heterocycles. The highest BCUT2D eigenvalue weighted by Crippen LogP contribution is 2.18. The third-order valence-corrected chi connectivity index (χ3v) is 12.5. The first kappa shape index (κ1) is 54.5. The highest BCUT2D eigenvalue weighted by Gasteiger charge is 2.03. The van der Waals surface area contributed by atoms with Crippen molar-refractivity contribution in [2.45, 2.75) is 328 Å². The van der Waals surface area contributed by atoms with Gasteiger partial charge in [-0.05, 0) is 12.8 Å². The topological polar surface area (TPSA) is 26.3 Å². The summed E-state index contributed by atoms with van der Waals surface area (Å²) in [5, 5.41) is 0. The summed E-state index contributed by atoms with van der Waals surface area (Å²) in [6.45, 7) is 5.24. The molecule has 0 unspecified atom stereocenters. The quantitative estimate of drug-likeness (QED) is 0.0454. The van der Waals surface area contributed by atoms with Crippen molar-refractivity contribution < 1.29 is 9.53 Å². The van der Waals surface area contributed by atoms with E-state index < -0.39 is 0 Å². The van der Waals surface area contributed by atoms with Crippen LogP contribution in [0.3, 0.4) is 0 Å². The van der Waals surface area contributed by atoms with E-state index in [0.29, 0.717) is 13.0 Å². The SMILES string of the molecule is CCCCCCCCCCCCCCCCCCCCCCCCCCOC(=O)CCCCCCCCCCCCCCCCCCCCCCCCCC. The summed E-state index contributed by atoms with van der Waals surface area (Å²) < 4.78 is 5.50. The molecule has 330 valence electrons. The standard InChI is InChI=1S/C53H106O2/c1-3-5-7-9-11-13-15-17-19-21-23-25-27-29-31-33-35-37-39-41-43-45-47-49-51-53(54)55-52-50-48-46-44-42-40-38-36-34-32-30-28-26-24-22-20-18-16-14-12-10-8-6-4-2/h3-52H2,1-2H3. The zero-order chi connectivity index (χ0) is 39.6. The van der Waals surface area contributed by atoms with Crippen LogP contribution in [-0.4, -0.2) is 12.6 Å². The Hall–Kier alpha value is -0.530. The smallest absolute Gasteiger partial charge is 0.305 e. The van der Waals surface area contributed by atoms with Crippen LogP contribution in [0.15, 0.2) is 0 Å². The Bertz CT molecular complexity index is 673. The molecule has 0 N–H and O–H groups in total. The molecule has 0 aromatic rings. The average molecular weight is 775 g/mol. The molecule has 0 amide bonds. The molecule has 0 saturated carbocycles. The maximum absolute atomic E-state index is 12.1. The number of esters is 1. The molecule has 0 spiro atoms. The Labute approximate surface area is 349 Å². The molecular formula is C53H106O2. The first-order chi connectivity index (χ1) is 27.3. The van der Waals surface area contributed by atoms with Crippen LogP contribution in [0.1, 0.15) is 328 Å². The minimum Gasteiger partial charge on any atom is -0.466 e. The maximum Gasteiger partial charge on any atom is 0.305 e. The lowest BCUT2D eigenvalue weighted by Gasteiger charge is -2.06. The van der Waals surface area contributed by atoms with Crippen LogP contribution in [0.5, 0.6) is 0 Å². The fourth-order valence-corrected chi connectivity index (χ4v) is 8.55. The van der Waals surface area contributed by atoms with E-state index in [4.69, 9.17) is 4.74 Å². The van der Waals surface area contributed by atoms with Crippen molar-refractivity contribution in [1.82, 2.24) is 0 Å². The van der Waals surface area contributed by atoms with Crippen LogP contribution >= 0.6 is 0 Å². The Kier molecular flexibility index (Phi) is 51.0. The highest BCUT2D eigenvalue weighted by molar-refractivity contribution is 5.69. The Balaban J connectivity index is 3.14. The third-order valence-electron chi connectivity index (χ3n) is 12.5. The number of ether oxygens (including phenoxy) is 1. The molecule has 0 aliphatic carbocycles. The number of rotatable bonds is 50. The summed E-state index contributed by atoms with van der Waals surface area (Å²) in [6.07, 6.45) is 68.3. The van der Waals surface area contributed by atoms with E-state index in [2.05, 4.69) is 13.8 Å². The molecule has 0 aromatic heterocycles. The molecule has 55 heavy (non-hydrogen) atoms. The zero-order valence-electron chi connectivity index (χ0n) is 38.7. The van der Waals surface area contributed by atoms with Crippen LogP contribution in [0.4, 0.5) is 0 Å². The van der Waals surface area contributed by atoms with Gasteiger partial charge in [0.1, 0.15) is 0 Å². The molecule has 0 atom stereocenters. The fraction of sp³-hybridized carbons (Fsp3) is 0.981. The van der Waals surface area contributed by atoms with Crippen molar-refractivity contribution in [2.24, 2.45) is 0 Å². The second kappa shape index (κ2) is 51.5. The van der Waals surface area contributed by atoms with Crippen molar-refractivity contribution in [2.75, 3.05) is 6.61 Å². The predicted molar refractivity (Wildman–Crippen MR) is 249 cm³/mol. The Morgan fingerprint density at radius 2 is 0.400 bits per heavy atom. The lowest BCUT2D eigenvalue weighted by atomic mass is 10.0. The van der Waals surface area contributed by atoms with E-state index in [0.717, 1.165) is 12.8 Å². The molecule has 0 aliphatic heterocycles. The number of carbonyl (C=O) groups is 1. The lowest BCUT2D eigenvalue weighted by Crippen LogP contribution is -2.05. The van der Waals surface area contributed by atoms with Gasteiger partial charge in [0.25, 0.3) is 0 Å². The minimum atomic E-state index is 0.0351. The summed E-state index contributed by atoms with van der Waals surface area (Å²) in [5.74, 6) is 0.0351. The van der Waals surface area contributed by atoms with E-state index in [1.807, 2.05) is 0 Å². The Morgan fingerprint density at radius 3 is 0.600 bits per heavy atom. The first-order valence-electron chi connectivity index (χ1n) is 26.5. The average Bonchev–Trinajstić information content (AvgIpc) is 3.19. The molecule has 0 bridgehead atoms. The molecule has 0 aromatic carbocycles. The van der Waals surface area contributed by atoms with E-state index in [9.17, 15) is 4.79 Å². The van der Waals surface area contributed by atoms with Crippen molar-refractivity contribution in [3.8, 4) is 0 Å². The number of hydrogen-bond acceptors (Lipinski definition) is 2. The normalized spacial score (nSPS) is 11.5. The molecular weight excluding hydrogens is 669 g/mol. The van der Waals surface area contributed by atoms with Gasteiger partial charge in [-0.25, -0.2) is 0 Å². The van der Waals surface area contributed by atoms with Crippen molar-refractivity contribution in [3.63, 3.8) is 0 Å². The third kappa shape index (κ3) is 51.5. The van der Waals surface area contributed by atoms with Gasteiger partial charge in [-0.2, -0.15) is 0 Å². The van der Waals surface area contributed by atoms with Gasteiger partial charge in [0.05, 0.1) is 6.61 Å². The zero-order valence-corrected chi connectivity index (χ0v) is 38.7. The van der Waals surface area contributed by atoms with E-state index >= 15 is 0 Å². The summed E-state index contributed by atoms with van der Waals surface area (Å²) in [5.41, 5.74) is 0. The second-order valence-electron chi connectivity index (χ2n) is 18.2. The first-order valence-corrected chi connectivity index (χ1v) is 26.5. The van der Waals surface area contributed by atoms with Gasteiger partial charge < -0.3 is 4.74 Å². The predicted octanol–water partition coefficient (Wildman–Crippen LogP) is 19.7. The summed E-state index contributed by atoms with van der Waals surface area (Å²) in [4.78, 5) is 12.1. The van der Waals surface area contributed by atoms with Crippen LogP contribution in [0, 0.1) is 0 Å². The lowest BCUT2D eigenvalue weighted by molar-refractivity contribution is -0.143. The molecule has 2 nitrogen and oxygen atoms in total. The monoisotopic (exact) mass is 775 g/mol. The van der Waals surface area contributed by atoms with Crippen molar-refractivity contribution in [1.29, 1.82) is 0 Å². The molecule has 0 aliphatic rings. The van der Waals surface area contributed by atoms with E-state index in [-0.39, 0.29) is 5.97 Å². The van der Waals surface area contributed by atoms with Crippen molar-refractivity contribution in [3.05, 3.63) is 0 Å². The molecule has 0 radical (unpaired) electrons. The summed E-state index contributed by atoms with van der Waals surface area (Å²) in [6, 6.07) is 0. The molecule has 0 rings (SSSR count). The van der Waals surface area contributed by atoms with Gasteiger partial charge in [-0.1, -0.05) is 309 Å².